The van der Waals surface area contributed by atoms with E-state index in [-0.39, 0.29) is 24.0 Å². The molecule has 6 heteroatoms. The highest BCUT2D eigenvalue weighted by atomic mass is 16.5. The van der Waals surface area contributed by atoms with Crippen LogP contribution in [0.15, 0.2) is 0 Å². The molecule has 118 valence electrons. The van der Waals surface area contributed by atoms with Gasteiger partial charge in [-0.25, -0.2) is 0 Å². The smallest absolute Gasteiger partial charge is 0.307 e. The predicted octanol–water partition coefficient (Wildman–Crippen LogP) is 0.849. The summed E-state index contributed by atoms with van der Waals surface area (Å²) in [7, 11) is 3.61. The van der Waals surface area contributed by atoms with Gasteiger partial charge in [0.05, 0.1) is 26.1 Å². The van der Waals surface area contributed by atoms with Crippen molar-refractivity contribution in [2.75, 3.05) is 27.3 Å². The molecule has 0 aromatic rings. The van der Waals surface area contributed by atoms with Gasteiger partial charge >= 0.3 is 11.9 Å². The zero-order valence-corrected chi connectivity index (χ0v) is 13.0. The van der Waals surface area contributed by atoms with E-state index in [4.69, 9.17) is 9.47 Å². The van der Waals surface area contributed by atoms with Crippen LogP contribution in [0.1, 0.15) is 39.5 Å². The first kappa shape index (κ1) is 18.9. The van der Waals surface area contributed by atoms with Crippen molar-refractivity contribution in [1.82, 2.24) is 10.6 Å². The predicted molar refractivity (Wildman–Crippen MR) is 77.4 cm³/mol. The molecule has 20 heavy (non-hydrogen) atoms. The molecule has 0 aliphatic rings. The fourth-order valence-electron chi connectivity index (χ4n) is 1.40. The van der Waals surface area contributed by atoms with Crippen molar-refractivity contribution < 1.29 is 19.1 Å². The molecular weight excluding hydrogens is 260 g/mol. The zero-order valence-electron chi connectivity index (χ0n) is 13.0. The Labute approximate surface area is 121 Å². The molecule has 0 aliphatic carbocycles. The largest absolute Gasteiger partial charge is 0.466 e. The van der Waals surface area contributed by atoms with E-state index in [2.05, 4.69) is 10.6 Å². The van der Waals surface area contributed by atoms with Gasteiger partial charge in [0.1, 0.15) is 0 Å². The standard InChI is InChI=1S/C14H28N2O4/c1-11(15-3)9-13(17)19-7-5-6-8-20-14(18)10-12(2)16-4/h11-12,15-16H,5-10H2,1-4H3. The van der Waals surface area contributed by atoms with Gasteiger partial charge < -0.3 is 20.1 Å². The average Bonchev–Trinajstić information content (AvgIpc) is 2.42. The molecule has 6 nitrogen and oxygen atoms in total. The van der Waals surface area contributed by atoms with Crippen LogP contribution < -0.4 is 10.6 Å². The molecule has 0 aliphatic heterocycles. The molecule has 0 aromatic carbocycles. The van der Waals surface area contributed by atoms with Crippen molar-refractivity contribution >= 4 is 11.9 Å². The van der Waals surface area contributed by atoms with E-state index < -0.39 is 0 Å². The minimum Gasteiger partial charge on any atom is -0.466 e. The SMILES string of the molecule is CNC(C)CC(=O)OCCCCOC(=O)CC(C)NC. The number of nitrogens with one attached hydrogen (secondary N) is 2. The van der Waals surface area contributed by atoms with Crippen LogP contribution in [0.2, 0.25) is 0 Å². The molecule has 2 unspecified atom stereocenters. The maximum atomic E-state index is 11.4. The van der Waals surface area contributed by atoms with E-state index >= 15 is 0 Å². The van der Waals surface area contributed by atoms with Gasteiger partial charge in [-0.3, -0.25) is 9.59 Å². The number of esters is 2. The molecule has 2 atom stereocenters. The van der Waals surface area contributed by atoms with Crippen LogP contribution in [0.25, 0.3) is 0 Å². The molecule has 0 fully saturated rings. The van der Waals surface area contributed by atoms with Crippen molar-refractivity contribution in [2.24, 2.45) is 0 Å². The first-order chi connectivity index (χ1) is 9.49. The third-order valence-electron chi connectivity index (χ3n) is 3.00. The number of rotatable bonds is 11. The van der Waals surface area contributed by atoms with Crippen LogP contribution in [-0.4, -0.2) is 51.3 Å². The van der Waals surface area contributed by atoms with Gasteiger partial charge in [-0.05, 0) is 40.8 Å². The van der Waals surface area contributed by atoms with Gasteiger partial charge in [0.25, 0.3) is 0 Å². The first-order valence-corrected chi connectivity index (χ1v) is 7.15. The van der Waals surface area contributed by atoms with Gasteiger partial charge in [0.15, 0.2) is 0 Å². The van der Waals surface area contributed by atoms with Crippen LogP contribution in [-0.2, 0) is 19.1 Å². The zero-order chi connectivity index (χ0) is 15.4. The van der Waals surface area contributed by atoms with Crippen LogP contribution in [0, 0.1) is 0 Å². The lowest BCUT2D eigenvalue weighted by Gasteiger charge is -2.11. The number of hydrogen-bond donors (Lipinski definition) is 2. The molecule has 0 rings (SSSR count). The van der Waals surface area contributed by atoms with E-state index in [1.165, 1.54) is 0 Å². The van der Waals surface area contributed by atoms with Gasteiger partial charge in [-0.2, -0.15) is 0 Å². The molecule has 0 spiro atoms. The van der Waals surface area contributed by atoms with Crippen LogP contribution in [0.5, 0.6) is 0 Å². The van der Waals surface area contributed by atoms with Crippen LogP contribution >= 0.6 is 0 Å². The third kappa shape index (κ3) is 10.8. The lowest BCUT2D eigenvalue weighted by atomic mass is 10.2. The van der Waals surface area contributed by atoms with Gasteiger partial charge in [0, 0.05) is 12.1 Å². The maximum Gasteiger partial charge on any atom is 0.307 e. The highest BCUT2D eigenvalue weighted by molar-refractivity contribution is 5.70. The average molecular weight is 288 g/mol. The monoisotopic (exact) mass is 288 g/mol. The second kappa shape index (κ2) is 11.7. The molecule has 0 saturated carbocycles. The Hall–Kier alpha value is -1.14. The summed E-state index contributed by atoms with van der Waals surface area (Å²) >= 11 is 0. The minimum atomic E-state index is -0.202. The van der Waals surface area contributed by atoms with Crippen LogP contribution in [0.3, 0.4) is 0 Å². The lowest BCUT2D eigenvalue weighted by molar-refractivity contribution is -0.146. The first-order valence-electron chi connectivity index (χ1n) is 7.15. The summed E-state index contributed by atoms with van der Waals surface area (Å²) in [5.74, 6) is -0.404. The molecule has 0 aromatic heterocycles. The second-order valence-electron chi connectivity index (χ2n) is 4.94. The third-order valence-corrected chi connectivity index (χ3v) is 3.00. The summed E-state index contributed by atoms with van der Waals surface area (Å²) in [5, 5.41) is 5.95. The normalized spacial score (nSPS) is 13.6. The molecule has 0 heterocycles. The summed E-state index contributed by atoms with van der Waals surface area (Å²) in [6.07, 6.45) is 2.14. The summed E-state index contributed by atoms with van der Waals surface area (Å²) in [6, 6.07) is 0.246. The Bertz CT molecular complexity index is 256. The molecule has 0 bridgehead atoms. The van der Waals surface area contributed by atoms with Gasteiger partial charge in [0.2, 0.25) is 0 Å². The molecule has 0 radical (unpaired) electrons. The summed E-state index contributed by atoms with van der Waals surface area (Å²) in [5.41, 5.74) is 0. The van der Waals surface area contributed by atoms with E-state index in [0.29, 0.717) is 38.9 Å². The molecular formula is C14H28N2O4. The van der Waals surface area contributed by atoms with E-state index in [1.54, 1.807) is 14.1 Å². The van der Waals surface area contributed by atoms with E-state index in [0.717, 1.165) is 0 Å². The Balaban J connectivity index is 3.44. The topological polar surface area (TPSA) is 76.7 Å². The number of carbonyl (C=O) groups excluding carboxylic acids is 2. The van der Waals surface area contributed by atoms with Crippen LogP contribution in [0.4, 0.5) is 0 Å². The Morgan fingerprint density at radius 3 is 1.50 bits per heavy atom. The fourth-order valence-corrected chi connectivity index (χ4v) is 1.40. The number of ether oxygens (including phenoxy) is 2. The van der Waals surface area contributed by atoms with E-state index in [9.17, 15) is 9.59 Å². The quantitative estimate of drug-likeness (QED) is 0.433. The molecule has 2 N–H and O–H groups in total. The fraction of sp³-hybridized carbons (Fsp3) is 0.857. The highest BCUT2D eigenvalue weighted by Crippen LogP contribution is 1.99. The van der Waals surface area contributed by atoms with Crippen molar-refractivity contribution in [3.63, 3.8) is 0 Å². The Morgan fingerprint density at radius 1 is 0.850 bits per heavy atom. The molecule has 0 saturated heterocycles. The summed E-state index contributed by atoms with van der Waals surface area (Å²) < 4.78 is 10.1. The number of carbonyl (C=O) groups is 2. The Kier molecular flexibility index (Phi) is 11.0. The summed E-state index contributed by atoms with van der Waals surface area (Å²) in [4.78, 5) is 22.7. The maximum absolute atomic E-state index is 11.4. The number of unbranched alkanes of at least 4 members (excludes halogenated alkanes) is 1. The van der Waals surface area contributed by atoms with Crippen molar-refractivity contribution in [2.45, 2.75) is 51.6 Å². The van der Waals surface area contributed by atoms with E-state index in [1.807, 2.05) is 13.8 Å². The van der Waals surface area contributed by atoms with Gasteiger partial charge in [-0.1, -0.05) is 0 Å². The van der Waals surface area contributed by atoms with Crippen molar-refractivity contribution in [3.8, 4) is 0 Å². The molecule has 0 amide bonds. The highest BCUT2D eigenvalue weighted by Gasteiger charge is 2.09. The second-order valence-corrected chi connectivity index (χ2v) is 4.94. The van der Waals surface area contributed by atoms with Gasteiger partial charge in [-0.15, -0.1) is 0 Å². The number of hydrogen-bond acceptors (Lipinski definition) is 6. The summed E-state index contributed by atoms with van der Waals surface area (Å²) in [6.45, 7) is 4.60. The minimum absolute atomic E-state index is 0.123. The van der Waals surface area contributed by atoms with Crippen molar-refractivity contribution in [3.05, 3.63) is 0 Å². The lowest BCUT2D eigenvalue weighted by Crippen LogP contribution is -2.26. The Morgan fingerprint density at radius 2 is 1.20 bits per heavy atom. The van der Waals surface area contributed by atoms with Crippen molar-refractivity contribution in [1.29, 1.82) is 0 Å².